The predicted octanol–water partition coefficient (Wildman–Crippen LogP) is 2.22. The zero-order valence-corrected chi connectivity index (χ0v) is 17.9. The first-order valence-electron chi connectivity index (χ1n) is 10.1. The summed E-state index contributed by atoms with van der Waals surface area (Å²) in [5.41, 5.74) is 1.29. The number of rotatable bonds is 7. The standard InChI is InChI=1S/C21H24N4O5S/c1-25-14-15(13-23-25)19-12-20(30-24-19)21(26)22-9-7-16-11-18(8-10-29-16)31(27,28)17-5-3-2-4-6-17/h2-6,12-14,16,18H,7-11H2,1H3,(H,22,26)/t16-,18+/m1/s1. The zero-order chi connectivity index (χ0) is 21.8. The molecule has 2 aromatic heterocycles. The highest BCUT2D eigenvalue weighted by Crippen LogP contribution is 2.27. The largest absolute Gasteiger partial charge is 0.378 e. The average molecular weight is 445 g/mol. The number of aryl methyl sites for hydroxylation is 1. The molecule has 4 rings (SSSR count). The van der Waals surface area contributed by atoms with Gasteiger partial charge in [0, 0.05) is 38.0 Å². The molecular weight excluding hydrogens is 420 g/mol. The Labute approximate surface area is 180 Å². The molecular formula is C21H24N4O5S. The van der Waals surface area contributed by atoms with E-state index in [2.05, 4.69) is 15.6 Å². The molecule has 1 N–H and O–H groups in total. The first-order chi connectivity index (χ1) is 14.9. The summed E-state index contributed by atoms with van der Waals surface area (Å²) in [5.74, 6) is -0.278. The van der Waals surface area contributed by atoms with Crippen LogP contribution < -0.4 is 5.32 Å². The molecule has 1 fully saturated rings. The highest BCUT2D eigenvalue weighted by molar-refractivity contribution is 7.92. The molecule has 0 unspecified atom stereocenters. The Morgan fingerprint density at radius 1 is 1.29 bits per heavy atom. The molecule has 3 heterocycles. The van der Waals surface area contributed by atoms with Crippen LogP contribution in [-0.2, 0) is 21.6 Å². The number of carbonyl (C=O) groups excluding carboxylic acids is 1. The van der Waals surface area contributed by atoms with Crippen LogP contribution in [0.4, 0.5) is 0 Å². The van der Waals surface area contributed by atoms with Gasteiger partial charge in [0.05, 0.1) is 22.4 Å². The Bertz CT molecular complexity index is 1140. The third-order valence-corrected chi connectivity index (χ3v) is 7.55. The normalized spacial score (nSPS) is 19.3. The first-order valence-corrected chi connectivity index (χ1v) is 11.6. The molecule has 0 saturated carbocycles. The molecule has 9 nitrogen and oxygen atoms in total. The molecule has 1 amide bonds. The van der Waals surface area contributed by atoms with E-state index in [9.17, 15) is 13.2 Å². The Balaban J connectivity index is 1.29. The van der Waals surface area contributed by atoms with Gasteiger partial charge in [0.25, 0.3) is 5.91 Å². The summed E-state index contributed by atoms with van der Waals surface area (Å²) in [5, 5.41) is 10.3. The van der Waals surface area contributed by atoms with Gasteiger partial charge in [-0.25, -0.2) is 8.42 Å². The van der Waals surface area contributed by atoms with E-state index in [1.165, 1.54) is 0 Å². The number of nitrogens with one attached hydrogen (secondary N) is 1. The minimum Gasteiger partial charge on any atom is -0.378 e. The molecule has 1 aromatic carbocycles. The van der Waals surface area contributed by atoms with Crippen molar-refractivity contribution >= 4 is 15.7 Å². The molecule has 0 radical (unpaired) electrons. The first kappa shape index (κ1) is 21.3. The third-order valence-electron chi connectivity index (χ3n) is 5.32. The van der Waals surface area contributed by atoms with Gasteiger partial charge in [-0.3, -0.25) is 9.48 Å². The molecule has 0 aliphatic carbocycles. The molecule has 10 heteroatoms. The lowest BCUT2D eigenvalue weighted by atomic mass is 10.1. The molecule has 0 bridgehead atoms. The second-order valence-corrected chi connectivity index (χ2v) is 9.75. The van der Waals surface area contributed by atoms with E-state index in [-0.39, 0.29) is 17.8 Å². The van der Waals surface area contributed by atoms with Gasteiger partial charge in [0.15, 0.2) is 9.84 Å². The van der Waals surface area contributed by atoms with Crippen molar-refractivity contribution in [2.24, 2.45) is 7.05 Å². The van der Waals surface area contributed by atoms with Crippen LogP contribution in [0.25, 0.3) is 11.3 Å². The van der Waals surface area contributed by atoms with E-state index in [1.807, 2.05) is 0 Å². The summed E-state index contributed by atoms with van der Waals surface area (Å²) in [6, 6.07) is 10.0. The van der Waals surface area contributed by atoms with E-state index >= 15 is 0 Å². The van der Waals surface area contributed by atoms with Crippen LogP contribution in [0.5, 0.6) is 0 Å². The number of ether oxygens (including phenoxy) is 1. The van der Waals surface area contributed by atoms with Crippen molar-refractivity contribution in [3.8, 4) is 11.3 Å². The number of hydrogen-bond donors (Lipinski definition) is 1. The van der Waals surface area contributed by atoms with Gasteiger partial charge in [-0.05, 0) is 31.4 Å². The number of benzene rings is 1. The van der Waals surface area contributed by atoms with Crippen LogP contribution in [0.2, 0.25) is 0 Å². The Hall–Kier alpha value is -2.98. The minimum atomic E-state index is -3.40. The molecule has 1 aliphatic rings. The van der Waals surface area contributed by atoms with Gasteiger partial charge in [0.2, 0.25) is 5.76 Å². The SMILES string of the molecule is Cn1cc(-c2cc(C(=O)NCC[C@@H]3C[C@@H](S(=O)(=O)c4ccccc4)CCO3)on2)cn1. The topological polar surface area (TPSA) is 116 Å². The molecule has 164 valence electrons. The second-order valence-electron chi connectivity index (χ2n) is 7.52. The van der Waals surface area contributed by atoms with Crippen molar-refractivity contribution in [1.29, 1.82) is 0 Å². The van der Waals surface area contributed by atoms with Crippen LogP contribution in [0.1, 0.15) is 29.8 Å². The van der Waals surface area contributed by atoms with E-state index in [0.29, 0.717) is 43.0 Å². The minimum absolute atomic E-state index is 0.105. The van der Waals surface area contributed by atoms with E-state index in [1.54, 1.807) is 60.5 Å². The maximum atomic E-state index is 12.9. The second kappa shape index (κ2) is 9.03. The quantitative estimate of drug-likeness (QED) is 0.594. The Morgan fingerprint density at radius 2 is 2.10 bits per heavy atom. The fourth-order valence-corrected chi connectivity index (χ4v) is 5.43. The maximum Gasteiger partial charge on any atom is 0.289 e. The number of sulfone groups is 1. The van der Waals surface area contributed by atoms with Crippen LogP contribution in [0, 0.1) is 0 Å². The molecule has 2 atom stereocenters. The van der Waals surface area contributed by atoms with Gasteiger partial charge in [-0.1, -0.05) is 23.4 Å². The lowest BCUT2D eigenvalue weighted by Gasteiger charge is -2.29. The summed E-state index contributed by atoms with van der Waals surface area (Å²) in [4.78, 5) is 12.7. The zero-order valence-electron chi connectivity index (χ0n) is 17.1. The summed E-state index contributed by atoms with van der Waals surface area (Å²) in [6.45, 7) is 0.719. The lowest BCUT2D eigenvalue weighted by molar-refractivity contribution is 0.0132. The summed E-state index contributed by atoms with van der Waals surface area (Å²) >= 11 is 0. The fourth-order valence-electron chi connectivity index (χ4n) is 3.64. The highest BCUT2D eigenvalue weighted by Gasteiger charge is 2.33. The number of nitrogens with zero attached hydrogens (tertiary/aromatic N) is 3. The van der Waals surface area contributed by atoms with Crippen molar-refractivity contribution in [2.75, 3.05) is 13.2 Å². The monoisotopic (exact) mass is 444 g/mol. The van der Waals surface area contributed by atoms with Gasteiger partial charge < -0.3 is 14.6 Å². The van der Waals surface area contributed by atoms with Crippen LogP contribution in [0.3, 0.4) is 0 Å². The van der Waals surface area contributed by atoms with Crippen molar-refractivity contribution in [3.05, 3.63) is 54.6 Å². The Morgan fingerprint density at radius 3 is 2.84 bits per heavy atom. The van der Waals surface area contributed by atoms with Gasteiger partial charge in [0.1, 0.15) is 5.69 Å². The predicted molar refractivity (Wildman–Crippen MR) is 112 cm³/mol. The lowest BCUT2D eigenvalue weighted by Crippen LogP contribution is -2.36. The highest BCUT2D eigenvalue weighted by atomic mass is 32.2. The Kier molecular flexibility index (Phi) is 6.19. The molecule has 1 aliphatic heterocycles. The maximum absolute atomic E-state index is 12.9. The van der Waals surface area contributed by atoms with Gasteiger partial charge in [-0.15, -0.1) is 0 Å². The number of hydrogen-bond acceptors (Lipinski definition) is 7. The number of aromatic nitrogens is 3. The van der Waals surface area contributed by atoms with E-state index < -0.39 is 15.1 Å². The number of amides is 1. The van der Waals surface area contributed by atoms with Crippen LogP contribution in [-0.4, -0.2) is 53.8 Å². The van der Waals surface area contributed by atoms with Gasteiger partial charge >= 0.3 is 0 Å². The molecule has 0 spiro atoms. The summed E-state index contributed by atoms with van der Waals surface area (Å²) in [7, 11) is -1.61. The van der Waals surface area contributed by atoms with Crippen molar-refractivity contribution in [1.82, 2.24) is 20.3 Å². The van der Waals surface area contributed by atoms with Crippen LogP contribution in [0.15, 0.2) is 58.2 Å². The molecule has 1 saturated heterocycles. The average Bonchev–Trinajstić information content (AvgIpc) is 3.44. The fraction of sp³-hybridized carbons (Fsp3) is 0.381. The van der Waals surface area contributed by atoms with Gasteiger partial charge in [-0.2, -0.15) is 5.10 Å². The van der Waals surface area contributed by atoms with Crippen molar-refractivity contribution in [3.63, 3.8) is 0 Å². The number of carbonyl (C=O) groups is 1. The van der Waals surface area contributed by atoms with E-state index in [0.717, 1.165) is 5.56 Å². The van der Waals surface area contributed by atoms with Crippen LogP contribution >= 0.6 is 0 Å². The third kappa shape index (κ3) is 4.86. The smallest absolute Gasteiger partial charge is 0.289 e. The van der Waals surface area contributed by atoms with Crippen molar-refractivity contribution in [2.45, 2.75) is 35.5 Å². The molecule has 3 aromatic rings. The van der Waals surface area contributed by atoms with Crippen molar-refractivity contribution < 1.29 is 22.5 Å². The van der Waals surface area contributed by atoms with E-state index in [4.69, 9.17) is 9.26 Å². The summed E-state index contributed by atoms with van der Waals surface area (Å²) in [6.07, 6.45) is 4.56. The summed E-state index contributed by atoms with van der Waals surface area (Å²) < 4.78 is 38.2. The molecule has 31 heavy (non-hydrogen) atoms.